The fraction of sp³-hybridized carbons (Fsp3) is 0.800. The lowest BCUT2D eigenvalue weighted by Crippen LogP contribution is -2.12. The average Bonchev–Trinajstić information content (AvgIpc) is 2.86. The third-order valence-electron chi connectivity index (χ3n) is 3.10. The van der Waals surface area contributed by atoms with Crippen molar-refractivity contribution in [1.29, 1.82) is 0 Å². The van der Waals surface area contributed by atoms with Crippen molar-refractivity contribution in [1.82, 2.24) is 20.3 Å². The van der Waals surface area contributed by atoms with Crippen LogP contribution in [0.2, 0.25) is 0 Å². The standard InChI is InChI=1S/C10H18N4/c1-8(11-2)10-7-14(13-12-10)9-5-3-4-6-9/h7-9,11H,3-6H2,1-2H3. The normalized spacial score (nSPS) is 20.1. The molecule has 0 bridgehead atoms. The van der Waals surface area contributed by atoms with E-state index in [1.54, 1.807) is 0 Å². The number of nitrogens with zero attached hydrogens (tertiary/aromatic N) is 3. The molecule has 0 saturated heterocycles. The van der Waals surface area contributed by atoms with Gasteiger partial charge in [0.05, 0.1) is 17.9 Å². The van der Waals surface area contributed by atoms with Crippen molar-refractivity contribution in [2.75, 3.05) is 7.05 Å². The zero-order valence-electron chi connectivity index (χ0n) is 8.90. The third-order valence-corrected chi connectivity index (χ3v) is 3.10. The molecule has 1 atom stereocenters. The van der Waals surface area contributed by atoms with Crippen molar-refractivity contribution in [3.63, 3.8) is 0 Å². The van der Waals surface area contributed by atoms with Gasteiger partial charge in [0.2, 0.25) is 0 Å². The molecule has 0 spiro atoms. The minimum atomic E-state index is 0.296. The smallest absolute Gasteiger partial charge is 0.0993 e. The highest BCUT2D eigenvalue weighted by Crippen LogP contribution is 2.28. The fourth-order valence-electron chi connectivity index (χ4n) is 1.98. The molecule has 1 fully saturated rings. The number of nitrogens with one attached hydrogen (secondary N) is 1. The zero-order valence-corrected chi connectivity index (χ0v) is 8.90. The topological polar surface area (TPSA) is 42.7 Å². The highest BCUT2D eigenvalue weighted by molar-refractivity contribution is 4.99. The van der Waals surface area contributed by atoms with Crippen molar-refractivity contribution in [2.24, 2.45) is 0 Å². The van der Waals surface area contributed by atoms with Crippen LogP contribution in [0.3, 0.4) is 0 Å². The van der Waals surface area contributed by atoms with E-state index in [-0.39, 0.29) is 0 Å². The second kappa shape index (κ2) is 4.09. The van der Waals surface area contributed by atoms with Gasteiger partial charge in [0.15, 0.2) is 0 Å². The molecule has 0 aliphatic heterocycles. The molecule has 1 aromatic rings. The van der Waals surface area contributed by atoms with Crippen molar-refractivity contribution in [2.45, 2.75) is 44.7 Å². The summed E-state index contributed by atoms with van der Waals surface area (Å²) in [6.07, 6.45) is 7.27. The Kier molecular flexibility index (Phi) is 2.82. The minimum Gasteiger partial charge on any atom is -0.312 e. The quantitative estimate of drug-likeness (QED) is 0.796. The van der Waals surface area contributed by atoms with Gasteiger partial charge in [0, 0.05) is 6.04 Å². The van der Waals surface area contributed by atoms with E-state index in [2.05, 4.69) is 28.7 Å². The summed E-state index contributed by atoms with van der Waals surface area (Å²) in [7, 11) is 1.94. The fourth-order valence-corrected chi connectivity index (χ4v) is 1.98. The van der Waals surface area contributed by atoms with E-state index in [1.165, 1.54) is 25.7 Å². The first-order valence-electron chi connectivity index (χ1n) is 5.40. The van der Waals surface area contributed by atoms with Gasteiger partial charge in [-0.3, -0.25) is 0 Å². The van der Waals surface area contributed by atoms with Crippen LogP contribution in [-0.2, 0) is 0 Å². The Bertz CT molecular complexity index is 288. The van der Waals surface area contributed by atoms with Gasteiger partial charge in [-0.05, 0) is 26.8 Å². The van der Waals surface area contributed by atoms with Crippen molar-refractivity contribution >= 4 is 0 Å². The molecule has 1 unspecified atom stereocenters. The maximum atomic E-state index is 4.19. The van der Waals surface area contributed by atoms with Crippen LogP contribution in [0.15, 0.2) is 6.20 Å². The number of aromatic nitrogens is 3. The molecule has 1 saturated carbocycles. The first-order valence-corrected chi connectivity index (χ1v) is 5.40. The molecule has 78 valence electrons. The summed E-state index contributed by atoms with van der Waals surface area (Å²) in [6.45, 7) is 2.10. The second-order valence-electron chi connectivity index (χ2n) is 4.07. The van der Waals surface area contributed by atoms with Crippen molar-refractivity contribution < 1.29 is 0 Å². The maximum Gasteiger partial charge on any atom is 0.0993 e. The van der Waals surface area contributed by atoms with Crippen LogP contribution in [0.5, 0.6) is 0 Å². The predicted molar refractivity (Wildman–Crippen MR) is 55.0 cm³/mol. The molecular formula is C10H18N4. The monoisotopic (exact) mass is 194 g/mol. The molecule has 0 radical (unpaired) electrons. The lowest BCUT2D eigenvalue weighted by molar-refractivity contribution is 0.454. The van der Waals surface area contributed by atoms with Crippen LogP contribution in [0.4, 0.5) is 0 Å². The largest absolute Gasteiger partial charge is 0.312 e. The summed E-state index contributed by atoms with van der Waals surface area (Å²) in [4.78, 5) is 0. The summed E-state index contributed by atoms with van der Waals surface area (Å²) >= 11 is 0. The molecule has 0 amide bonds. The van der Waals surface area contributed by atoms with E-state index in [4.69, 9.17) is 0 Å². The molecule has 1 heterocycles. The van der Waals surface area contributed by atoms with Gasteiger partial charge in [-0.2, -0.15) is 0 Å². The van der Waals surface area contributed by atoms with E-state index in [0.717, 1.165) is 5.69 Å². The number of rotatable bonds is 3. The van der Waals surface area contributed by atoms with Crippen molar-refractivity contribution in [3.05, 3.63) is 11.9 Å². The molecular weight excluding hydrogens is 176 g/mol. The maximum absolute atomic E-state index is 4.19. The van der Waals surface area contributed by atoms with Gasteiger partial charge in [0.1, 0.15) is 0 Å². The van der Waals surface area contributed by atoms with Gasteiger partial charge in [-0.1, -0.05) is 18.1 Å². The molecule has 1 aliphatic rings. The SMILES string of the molecule is CNC(C)c1cn(C2CCCC2)nn1. The van der Waals surface area contributed by atoms with Gasteiger partial charge in [-0.15, -0.1) is 5.10 Å². The molecule has 1 aromatic heterocycles. The molecule has 1 N–H and O–H groups in total. The minimum absolute atomic E-state index is 0.296. The van der Waals surface area contributed by atoms with E-state index in [9.17, 15) is 0 Å². The van der Waals surface area contributed by atoms with Crippen LogP contribution in [0.25, 0.3) is 0 Å². The highest BCUT2D eigenvalue weighted by Gasteiger charge is 2.19. The molecule has 4 heteroatoms. The lowest BCUT2D eigenvalue weighted by atomic mass is 10.2. The summed E-state index contributed by atoms with van der Waals surface area (Å²) < 4.78 is 2.04. The Labute approximate surface area is 84.7 Å². The summed E-state index contributed by atoms with van der Waals surface area (Å²) in [6, 6.07) is 0.894. The second-order valence-corrected chi connectivity index (χ2v) is 4.07. The Morgan fingerprint density at radius 2 is 2.21 bits per heavy atom. The first kappa shape index (κ1) is 9.65. The van der Waals surface area contributed by atoms with Crippen LogP contribution in [0.1, 0.15) is 50.4 Å². The Balaban J connectivity index is 2.08. The van der Waals surface area contributed by atoms with E-state index < -0.39 is 0 Å². The summed E-state index contributed by atoms with van der Waals surface area (Å²) in [5.74, 6) is 0. The molecule has 1 aliphatic carbocycles. The Hall–Kier alpha value is -0.900. The van der Waals surface area contributed by atoms with Crippen LogP contribution in [-0.4, -0.2) is 22.0 Å². The van der Waals surface area contributed by atoms with Crippen LogP contribution >= 0.6 is 0 Å². The Morgan fingerprint density at radius 3 is 2.86 bits per heavy atom. The van der Waals surface area contributed by atoms with Gasteiger partial charge >= 0.3 is 0 Å². The summed E-state index contributed by atoms with van der Waals surface area (Å²) in [5, 5.41) is 11.5. The third kappa shape index (κ3) is 1.80. The summed E-state index contributed by atoms with van der Waals surface area (Å²) in [5.41, 5.74) is 1.04. The molecule has 2 rings (SSSR count). The van der Waals surface area contributed by atoms with Gasteiger partial charge in [-0.25, -0.2) is 4.68 Å². The highest BCUT2D eigenvalue weighted by atomic mass is 15.4. The zero-order chi connectivity index (χ0) is 9.97. The molecule has 14 heavy (non-hydrogen) atoms. The molecule has 0 aromatic carbocycles. The number of hydrogen-bond donors (Lipinski definition) is 1. The van der Waals surface area contributed by atoms with Crippen LogP contribution < -0.4 is 5.32 Å². The van der Waals surface area contributed by atoms with E-state index in [0.29, 0.717) is 12.1 Å². The first-order chi connectivity index (χ1) is 6.81. The average molecular weight is 194 g/mol. The van der Waals surface area contributed by atoms with Gasteiger partial charge < -0.3 is 5.32 Å². The van der Waals surface area contributed by atoms with E-state index in [1.807, 2.05) is 11.7 Å². The van der Waals surface area contributed by atoms with Crippen molar-refractivity contribution in [3.8, 4) is 0 Å². The molecule has 4 nitrogen and oxygen atoms in total. The Morgan fingerprint density at radius 1 is 1.50 bits per heavy atom. The van der Waals surface area contributed by atoms with Crippen LogP contribution in [0, 0.1) is 0 Å². The predicted octanol–water partition coefficient (Wildman–Crippen LogP) is 1.67. The van der Waals surface area contributed by atoms with Gasteiger partial charge in [0.25, 0.3) is 0 Å². The lowest BCUT2D eigenvalue weighted by Gasteiger charge is -2.08. The number of hydrogen-bond acceptors (Lipinski definition) is 3. The van der Waals surface area contributed by atoms with E-state index >= 15 is 0 Å².